The predicted octanol–water partition coefficient (Wildman–Crippen LogP) is 5.13. The summed E-state index contributed by atoms with van der Waals surface area (Å²) in [6.07, 6.45) is 1.86. The van der Waals surface area contributed by atoms with Crippen molar-refractivity contribution in [2.75, 3.05) is 0 Å². The summed E-state index contributed by atoms with van der Waals surface area (Å²) in [5.41, 5.74) is 0. The molecule has 1 fully saturated rings. The van der Waals surface area contributed by atoms with E-state index >= 15 is 0 Å². The summed E-state index contributed by atoms with van der Waals surface area (Å²) in [4.78, 5) is 0. The van der Waals surface area contributed by atoms with Crippen LogP contribution in [0.2, 0.25) is 0 Å². The van der Waals surface area contributed by atoms with Crippen molar-refractivity contribution < 1.29 is 8.78 Å². The molecule has 0 spiro atoms. The zero-order valence-electron chi connectivity index (χ0n) is 10.8. The quantitative estimate of drug-likeness (QED) is 0.537. The maximum Gasteiger partial charge on any atom is 0.248 e. The van der Waals surface area contributed by atoms with Crippen LogP contribution in [0.4, 0.5) is 8.78 Å². The lowest BCUT2D eigenvalue weighted by Gasteiger charge is -2.27. The van der Waals surface area contributed by atoms with Crippen molar-refractivity contribution in [1.82, 2.24) is 0 Å². The molecule has 0 bridgehead atoms. The predicted molar refractivity (Wildman–Crippen MR) is 62.3 cm³/mol. The van der Waals surface area contributed by atoms with E-state index in [1.54, 1.807) is 0 Å². The average molecular weight is 220 g/mol. The van der Waals surface area contributed by atoms with Crippen LogP contribution in [0.3, 0.4) is 0 Å². The molecular weight excluding hydrogens is 194 g/mol. The van der Waals surface area contributed by atoms with E-state index in [2.05, 4.69) is 20.8 Å². The van der Waals surface area contributed by atoms with Crippen LogP contribution in [0.5, 0.6) is 0 Å². The highest BCUT2D eigenvalue weighted by atomic mass is 19.3. The molecule has 15 heavy (non-hydrogen) atoms. The Labute approximate surface area is 93.4 Å². The molecule has 92 valence electrons. The minimum atomic E-state index is -2.40. The molecule has 0 nitrogen and oxygen atoms in total. The van der Waals surface area contributed by atoms with Gasteiger partial charge in [0.15, 0.2) is 0 Å². The van der Waals surface area contributed by atoms with Gasteiger partial charge in [0.05, 0.1) is 0 Å². The van der Waals surface area contributed by atoms with Crippen LogP contribution >= 0.6 is 0 Å². The molecule has 0 aromatic carbocycles. The van der Waals surface area contributed by atoms with Gasteiger partial charge in [-0.3, -0.25) is 0 Å². The van der Waals surface area contributed by atoms with Gasteiger partial charge >= 0.3 is 0 Å². The van der Waals surface area contributed by atoms with Crippen molar-refractivity contribution >= 4 is 0 Å². The number of hydrogen-bond donors (Lipinski definition) is 0. The van der Waals surface area contributed by atoms with E-state index in [0.29, 0.717) is 18.3 Å². The van der Waals surface area contributed by atoms with Crippen molar-refractivity contribution in [3.63, 3.8) is 0 Å². The minimum absolute atomic E-state index is 0.0978. The standard InChI is InChI=1S/C11H20F2.C2H6/c1-8(2)10-7-11(12,13)6-4-5-9(10)3;1-2/h8-10H,4-7H2,1-3H3;1-2H3. The zero-order chi connectivity index (χ0) is 12.1. The fourth-order valence-electron chi connectivity index (χ4n) is 2.44. The lowest BCUT2D eigenvalue weighted by atomic mass is 9.81. The van der Waals surface area contributed by atoms with E-state index in [4.69, 9.17) is 0 Å². The number of halogens is 2. The Kier molecular flexibility index (Phi) is 6.38. The third kappa shape index (κ3) is 4.94. The van der Waals surface area contributed by atoms with Gasteiger partial charge in [-0.2, -0.15) is 0 Å². The molecule has 0 saturated heterocycles. The van der Waals surface area contributed by atoms with E-state index in [1.807, 2.05) is 13.8 Å². The lowest BCUT2D eigenvalue weighted by Crippen LogP contribution is -2.24. The number of hydrogen-bond acceptors (Lipinski definition) is 0. The van der Waals surface area contributed by atoms with E-state index in [9.17, 15) is 8.78 Å². The summed E-state index contributed by atoms with van der Waals surface area (Å²) in [7, 11) is 0. The van der Waals surface area contributed by atoms with Crippen LogP contribution in [0.25, 0.3) is 0 Å². The van der Waals surface area contributed by atoms with Crippen molar-refractivity contribution in [2.24, 2.45) is 17.8 Å². The van der Waals surface area contributed by atoms with Gasteiger partial charge in [0.2, 0.25) is 5.92 Å². The van der Waals surface area contributed by atoms with E-state index in [-0.39, 0.29) is 18.8 Å². The topological polar surface area (TPSA) is 0 Å². The molecule has 0 aliphatic heterocycles. The molecule has 0 aromatic heterocycles. The molecule has 1 rings (SSSR count). The summed E-state index contributed by atoms with van der Waals surface area (Å²) < 4.78 is 26.5. The number of rotatable bonds is 1. The molecule has 0 heterocycles. The second kappa shape index (κ2) is 6.44. The van der Waals surface area contributed by atoms with Gasteiger partial charge in [-0.25, -0.2) is 8.78 Å². The molecule has 0 amide bonds. The van der Waals surface area contributed by atoms with Crippen molar-refractivity contribution in [2.45, 2.75) is 66.2 Å². The first-order valence-electron chi connectivity index (χ1n) is 6.30. The van der Waals surface area contributed by atoms with Gasteiger partial charge in [-0.1, -0.05) is 41.0 Å². The SMILES string of the molecule is CC.CC(C)C1CC(F)(F)CCCC1C. The van der Waals surface area contributed by atoms with Crippen molar-refractivity contribution in [3.8, 4) is 0 Å². The summed E-state index contributed by atoms with van der Waals surface area (Å²) in [5, 5.41) is 0. The van der Waals surface area contributed by atoms with E-state index in [1.165, 1.54) is 0 Å². The second-order valence-corrected chi connectivity index (χ2v) is 4.84. The fourth-order valence-corrected chi connectivity index (χ4v) is 2.44. The molecule has 1 aliphatic rings. The fraction of sp³-hybridized carbons (Fsp3) is 1.00. The van der Waals surface area contributed by atoms with Crippen LogP contribution in [0, 0.1) is 17.8 Å². The first-order valence-corrected chi connectivity index (χ1v) is 6.30. The Bertz CT molecular complexity index is 164. The molecule has 0 N–H and O–H groups in total. The van der Waals surface area contributed by atoms with Crippen LogP contribution in [-0.2, 0) is 0 Å². The maximum atomic E-state index is 13.2. The van der Waals surface area contributed by atoms with Gasteiger partial charge in [-0.05, 0) is 24.2 Å². The summed E-state index contributed by atoms with van der Waals surface area (Å²) in [6.45, 7) is 10.2. The van der Waals surface area contributed by atoms with Gasteiger partial charge in [0.1, 0.15) is 0 Å². The van der Waals surface area contributed by atoms with E-state index < -0.39 is 5.92 Å². The third-order valence-electron chi connectivity index (χ3n) is 3.32. The summed E-state index contributed by atoms with van der Waals surface area (Å²) >= 11 is 0. The Hall–Kier alpha value is -0.140. The summed E-state index contributed by atoms with van der Waals surface area (Å²) in [5.74, 6) is -1.34. The average Bonchev–Trinajstić information content (AvgIpc) is 2.29. The molecule has 2 unspecified atom stereocenters. The Morgan fingerprint density at radius 2 is 1.73 bits per heavy atom. The van der Waals surface area contributed by atoms with Gasteiger partial charge < -0.3 is 0 Å². The van der Waals surface area contributed by atoms with Crippen LogP contribution in [0.1, 0.15) is 60.3 Å². The van der Waals surface area contributed by atoms with Gasteiger partial charge in [0.25, 0.3) is 0 Å². The largest absolute Gasteiger partial charge is 0.248 e. The molecule has 0 radical (unpaired) electrons. The first kappa shape index (κ1) is 14.9. The Balaban J connectivity index is 0.000000921. The van der Waals surface area contributed by atoms with Crippen LogP contribution in [0.15, 0.2) is 0 Å². The molecule has 2 heteroatoms. The van der Waals surface area contributed by atoms with E-state index in [0.717, 1.165) is 6.42 Å². The molecule has 1 saturated carbocycles. The molecule has 0 aromatic rings. The van der Waals surface area contributed by atoms with Gasteiger partial charge in [-0.15, -0.1) is 0 Å². The molecule has 1 aliphatic carbocycles. The normalized spacial score (nSPS) is 30.4. The second-order valence-electron chi connectivity index (χ2n) is 4.84. The number of alkyl halides is 2. The highest BCUT2D eigenvalue weighted by Crippen LogP contribution is 2.40. The summed E-state index contributed by atoms with van der Waals surface area (Å²) in [6, 6.07) is 0. The monoisotopic (exact) mass is 220 g/mol. The van der Waals surface area contributed by atoms with Gasteiger partial charge in [0, 0.05) is 12.8 Å². The first-order chi connectivity index (χ1) is 6.92. The lowest BCUT2D eigenvalue weighted by molar-refractivity contribution is -0.0335. The zero-order valence-corrected chi connectivity index (χ0v) is 10.8. The smallest absolute Gasteiger partial charge is 0.207 e. The van der Waals surface area contributed by atoms with Crippen LogP contribution in [-0.4, -0.2) is 5.92 Å². The maximum absolute atomic E-state index is 13.2. The third-order valence-corrected chi connectivity index (χ3v) is 3.32. The highest BCUT2D eigenvalue weighted by molar-refractivity contribution is 4.81. The Morgan fingerprint density at radius 1 is 1.20 bits per heavy atom. The van der Waals surface area contributed by atoms with Crippen molar-refractivity contribution in [3.05, 3.63) is 0 Å². The molecular formula is C13H26F2. The molecule has 2 atom stereocenters. The minimum Gasteiger partial charge on any atom is -0.207 e. The van der Waals surface area contributed by atoms with Crippen LogP contribution < -0.4 is 0 Å². The van der Waals surface area contributed by atoms with Crippen molar-refractivity contribution in [1.29, 1.82) is 0 Å². The Morgan fingerprint density at radius 3 is 2.20 bits per heavy atom. The highest BCUT2D eigenvalue weighted by Gasteiger charge is 2.38.